The van der Waals surface area contributed by atoms with Crippen LogP contribution in [0.2, 0.25) is 0 Å². The average molecular weight is 222 g/mol. The molecule has 2 rings (SSSR count). The van der Waals surface area contributed by atoms with Gasteiger partial charge in [0.25, 0.3) is 5.91 Å². The van der Waals surface area contributed by atoms with Crippen LogP contribution in [-0.4, -0.2) is 24.7 Å². The third kappa shape index (κ3) is 2.39. The SMILES string of the molecule is O=C(Nc1ccccc1)C1(F)CCNCC1. The predicted octanol–water partition coefficient (Wildman–Crippen LogP) is 1.72. The van der Waals surface area contributed by atoms with Crippen LogP contribution in [-0.2, 0) is 4.79 Å². The Kier molecular flexibility index (Phi) is 3.19. The highest BCUT2D eigenvalue weighted by Crippen LogP contribution is 2.25. The normalized spacial score (nSPS) is 19.1. The van der Waals surface area contributed by atoms with E-state index in [0.29, 0.717) is 18.8 Å². The fourth-order valence-electron chi connectivity index (χ4n) is 1.81. The Balaban J connectivity index is 2.02. The molecule has 1 fully saturated rings. The second-order valence-electron chi connectivity index (χ2n) is 4.04. The summed E-state index contributed by atoms with van der Waals surface area (Å²) in [5.41, 5.74) is -1.08. The Labute approximate surface area is 94.0 Å². The van der Waals surface area contributed by atoms with Crippen molar-refractivity contribution < 1.29 is 9.18 Å². The minimum absolute atomic E-state index is 0.242. The molecule has 1 heterocycles. The molecule has 1 amide bonds. The zero-order valence-corrected chi connectivity index (χ0v) is 9.00. The molecule has 0 spiro atoms. The largest absolute Gasteiger partial charge is 0.323 e. The Bertz CT molecular complexity index is 361. The van der Waals surface area contributed by atoms with Gasteiger partial charge < -0.3 is 10.6 Å². The smallest absolute Gasteiger partial charge is 0.262 e. The van der Waals surface area contributed by atoms with Gasteiger partial charge in [-0.3, -0.25) is 4.79 Å². The van der Waals surface area contributed by atoms with Crippen molar-refractivity contribution in [1.29, 1.82) is 0 Å². The first-order valence-corrected chi connectivity index (χ1v) is 5.47. The zero-order chi connectivity index (χ0) is 11.4. The quantitative estimate of drug-likeness (QED) is 0.800. The van der Waals surface area contributed by atoms with Crippen molar-refractivity contribution in [3.8, 4) is 0 Å². The molecule has 0 atom stereocenters. The molecule has 86 valence electrons. The van der Waals surface area contributed by atoms with Crippen molar-refractivity contribution in [2.45, 2.75) is 18.5 Å². The van der Waals surface area contributed by atoms with Gasteiger partial charge in [0.1, 0.15) is 0 Å². The maximum atomic E-state index is 14.2. The molecule has 1 aromatic rings. The van der Waals surface area contributed by atoms with Crippen molar-refractivity contribution in [2.24, 2.45) is 0 Å². The van der Waals surface area contributed by atoms with Crippen LogP contribution in [0.15, 0.2) is 30.3 Å². The summed E-state index contributed by atoms with van der Waals surface area (Å²) < 4.78 is 14.2. The van der Waals surface area contributed by atoms with Gasteiger partial charge in [-0.1, -0.05) is 18.2 Å². The zero-order valence-electron chi connectivity index (χ0n) is 9.00. The number of halogens is 1. The number of amides is 1. The predicted molar refractivity (Wildman–Crippen MR) is 61.0 cm³/mol. The minimum Gasteiger partial charge on any atom is -0.323 e. The molecule has 0 saturated carbocycles. The van der Waals surface area contributed by atoms with E-state index in [0.717, 1.165) is 0 Å². The van der Waals surface area contributed by atoms with Gasteiger partial charge in [-0.2, -0.15) is 0 Å². The maximum absolute atomic E-state index is 14.2. The van der Waals surface area contributed by atoms with Crippen molar-refractivity contribution in [2.75, 3.05) is 18.4 Å². The summed E-state index contributed by atoms with van der Waals surface area (Å²) in [6.07, 6.45) is 0.483. The van der Waals surface area contributed by atoms with E-state index >= 15 is 0 Å². The summed E-state index contributed by atoms with van der Waals surface area (Å²) in [6.45, 7) is 1.11. The number of alkyl halides is 1. The van der Waals surface area contributed by atoms with Gasteiger partial charge in [0, 0.05) is 18.5 Å². The topological polar surface area (TPSA) is 41.1 Å². The number of carbonyl (C=O) groups excluding carboxylic acids is 1. The van der Waals surface area contributed by atoms with E-state index in [9.17, 15) is 9.18 Å². The fourth-order valence-corrected chi connectivity index (χ4v) is 1.81. The van der Waals surface area contributed by atoms with Crippen LogP contribution in [0.4, 0.5) is 10.1 Å². The van der Waals surface area contributed by atoms with Crippen LogP contribution in [0.1, 0.15) is 12.8 Å². The Morgan fingerprint density at radius 1 is 1.25 bits per heavy atom. The highest BCUT2D eigenvalue weighted by Gasteiger charge is 2.39. The molecule has 0 aromatic heterocycles. The molecule has 3 nitrogen and oxygen atoms in total. The van der Waals surface area contributed by atoms with Crippen LogP contribution < -0.4 is 10.6 Å². The summed E-state index contributed by atoms with van der Waals surface area (Å²) in [7, 11) is 0. The molecular formula is C12H15FN2O. The minimum atomic E-state index is -1.72. The average Bonchev–Trinajstić information content (AvgIpc) is 2.31. The first kappa shape index (κ1) is 11.1. The standard InChI is InChI=1S/C12H15FN2O/c13-12(6-8-14-9-7-12)11(16)15-10-4-2-1-3-5-10/h1-5,14H,6-9H2,(H,15,16). The molecule has 1 saturated heterocycles. The molecule has 16 heavy (non-hydrogen) atoms. The Hall–Kier alpha value is -1.42. The molecule has 1 aromatic carbocycles. The van der Waals surface area contributed by atoms with E-state index in [1.165, 1.54) is 0 Å². The molecule has 2 N–H and O–H groups in total. The highest BCUT2D eigenvalue weighted by atomic mass is 19.1. The summed E-state index contributed by atoms with van der Waals surface area (Å²) in [5, 5.41) is 5.65. The molecule has 1 aliphatic rings. The van der Waals surface area contributed by atoms with E-state index in [1.807, 2.05) is 18.2 Å². The summed E-state index contributed by atoms with van der Waals surface area (Å²) in [4.78, 5) is 11.8. The number of benzene rings is 1. The van der Waals surface area contributed by atoms with Gasteiger partial charge in [0.05, 0.1) is 0 Å². The summed E-state index contributed by atoms with van der Waals surface area (Å²) in [5.74, 6) is -0.528. The number of anilines is 1. The Morgan fingerprint density at radius 2 is 1.88 bits per heavy atom. The van der Waals surface area contributed by atoms with Gasteiger partial charge >= 0.3 is 0 Å². The molecule has 1 aliphatic heterocycles. The lowest BCUT2D eigenvalue weighted by atomic mass is 9.93. The number of carbonyl (C=O) groups is 1. The van der Waals surface area contributed by atoms with Crippen molar-refractivity contribution >= 4 is 11.6 Å². The number of rotatable bonds is 2. The molecule has 4 heteroatoms. The third-order valence-electron chi connectivity index (χ3n) is 2.83. The number of nitrogens with one attached hydrogen (secondary N) is 2. The van der Waals surface area contributed by atoms with E-state index < -0.39 is 11.6 Å². The van der Waals surface area contributed by atoms with Crippen molar-refractivity contribution in [3.05, 3.63) is 30.3 Å². The molecular weight excluding hydrogens is 207 g/mol. The lowest BCUT2D eigenvalue weighted by Crippen LogP contribution is -2.47. The van der Waals surface area contributed by atoms with Crippen LogP contribution in [0.5, 0.6) is 0 Å². The number of piperidine rings is 1. The van der Waals surface area contributed by atoms with Crippen LogP contribution in [0, 0.1) is 0 Å². The summed E-state index contributed by atoms with van der Waals surface area (Å²) >= 11 is 0. The first-order chi connectivity index (χ1) is 7.71. The van der Waals surface area contributed by atoms with Crippen molar-refractivity contribution in [1.82, 2.24) is 5.32 Å². The third-order valence-corrected chi connectivity index (χ3v) is 2.83. The summed E-state index contributed by atoms with van der Waals surface area (Å²) in [6, 6.07) is 8.97. The molecule has 0 bridgehead atoms. The van der Waals surface area contributed by atoms with Gasteiger partial charge in [-0.25, -0.2) is 4.39 Å². The van der Waals surface area contributed by atoms with E-state index in [1.54, 1.807) is 12.1 Å². The maximum Gasteiger partial charge on any atom is 0.262 e. The number of hydrogen-bond acceptors (Lipinski definition) is 2. The van der Waals surface area contributed by atoms with Gasteiger partial charge in [0.2, 0.25) is 0 Å². The lowest BCUT2D eigenvalue weighted by molar-refractivity contribution is -0.128. The van der Waals surface area contributed by atoms with Gasteiger partial charge in [-0.15, -0.1) is 0 Å². The second kappa shape index (κ2) is 4.61. The Morgan fingerprint density at radius 3 is 2.50 bits per heavy atom. The van der Waals surface area contributed by atoms with E-state index in [4.69, 9.17) is 0 Å². The fraction of sp³-hybridized carbons (Fsp3) is 0.417. The molecule has 0 radical (unpaired) electrons. The highest BCUT2D eigenvalue weighted by molar-refractivity contribution is 5.97. The van der Waals surface area contributed by atoms with E-state index in [2.05, 4.69) is 10.6 Å². The lowest BCUT2D eigenvalue weighted by Gasteiger charge is -2.28. The van der Waals surface area contributed by atoms with Crippen molar-refractivity contribution in [3.63, 3.8) is 0 Å². The van der Waals surface area contributed by atoms with Crippen LogP contribution in [0.3, 0.4) is 0 Å². The number of para-hydroxylation sites is 1. The van der Waals surface area contributed by atoms with Gasteiger partial charge in [0.15, 0.2) is 5.67 Å². The van der Waals surface area contributed by atoms with E-state index in [-0.39, 0.29) is 12.8 Å². The van der Waals surface area contributed by atoms with Gasteiger partial charge in [-0.05, 0) is 25.2 Å². The first-order valence-electron chi connectivity index (χ1n) is 5.47. The second-order valence-corrected chi connectivity index (χ2v) is 4.04. The number of hydrogen-bond donors (Lipinski definition) is 2. The molecule has 0 aliphatic carbocycles. The van der Waals surface area contributed by atoms with Crippen LogP contribution >= 0.6 is 0 Å². The van der Waals surface area contributed by atoms with Crippen LogP contribution in [0.25, 0.3) is 0 Å². The molecule has 0 unspecified atom stereocenters. The monoisotopic (exact) mass is 222 g/mol.